The molecule has 0 amide bonds. The molecule has 11 heteroatoms. The fourth-order valence-electron chi connectivity index (χ4n) is 3.73. The Hall–Kier alpha value is -3.31. The zero-order valence-electron chi connectivity index (χ0n) is 20.3. The van der Waals surface area contributed by atoms with Crippen molar-refractivity contribution in [1.29, 1.82) is 0 Å². The number of aldehydes is 1. The lowest BCUT2D eigenvalue weighted by Gasteiger charge is -2.17. The van der Waals surface area contributed by atoms with Gasteiger partial charge in [0.15, 0.2) is 5.82 Å². The molecule has 3 heterocycles. The highest BCUT2D eigenvalue weighted by Gasteiger charge is 2.24. The molecule has 0 aliphatic carbocycles. The Morgan fingerprint density at radius 2 is 2.11 bits per heavy atom. The van der Waals surface area contributed by atoms with Gasteiger partial charge in [-0.25, -0.2) is 24.6 Å². The number of hydrogen-bond donors (Lipinski definition) is 2. The number of carbonyl (C=O) groups excluding carboxylic acids is 1. The van der Waals surface area contributed by atoms with Crippen LogP contribution < -0.4 is 11.1 Å². The quantitative estimate of drug-likeness (QED) is 0.235. The van der Waals surface area contributed by atoms with Crippen LogP contribution in [-0.4, -0.2) is 34.5 Å². The highest BCUT2D eigenvalue weighted by molar-refractivity contribution is 7.15. The molecule has 1 aromatic carbocycles. The van der Waals surface area contributed by atoms with E-state index in [1.54, 1.807) is 18.2 Å². The maximum Gasteiger partial charge on any atom is 0.345 e. The Labute approximate surface area is 212 Å². The number of carbonyl (C=O) groups is 1. The minimum Gasteiger partial charge on any atom is -0.381 e. The van der Waals surface area contributed by atoms with Crippen LogP contribution in [0, 0.1) is 16.6 Å². The standard InChI is InChI=1S/C20H20FN5O3S.C5H10O/c21-16-13(5-3-6-14(16)25-26-28)17-18(15-7-9-22-20(27)23-15)30-19(24-17)12-4-1-2-10-29-11-8-12;1-5(2)3-4-6/h3,5-7,9,12H,1-2,4,8,10-11H2,(H,25,28)(H,22,23,27);4-5H,3H2,1-2H3. The predicted octanol–water partition coefficient (Wildman–Crippen LogP) is 5.70. The Kier molecular flexibility index (Phi) is 10.4. The number of thiazole rings is 1. The average molecular weight is 516 g/mol. The monoisotopic (exact) mass is 515 g/mol. The first-order valence-corrected chi connectivity index (χ1v) is 12.7. The zero-order chi connectivity index (χ0) is 25.9. The molecule has 0 bridgehead atoms. The molecule has 2 N–H and O–H groups in total. The predicted molar refractivity (Wildman–Crippen MR) is 138 cm³/mol. The number of halogens is 1. The molecule has 1 saturated heterocycles. The van der Waals surface area contributed by atoms with Crippen molar-refractivity contribution in [1.82, 2.24) is 15.0 Å². The molecule has 0 spiro atoms. The summed E-state index contributed by atoms with van der Waals surface area (Å²) >= 11 is 1.43. The van der Waals surface area contributed by atoms with Crippen LogP contribution in [0.5, 0.6) is 0 Å². The van der Waals surface area contributed by atoms with E-state index in [1.807, 2.05) is 13.8 Å². The fraction of sp³-hybridized carbons (Fsp3) is 0.440. The van der Waals surface area contributed by atoms with Crippen LogP contribution in [-0.2, 0) is 9.53 Å². The van der Waals surface area contributed by atoms with Gasteiger partial charge in [0.05, 0.1) is 32.2 Å². The van der Waals surface area contributed by atoms with Gasteiger partial charge in [-0.3, -0.25) is 0 Å². The molecule has 1 aliphatic rings. The van der Waals surface area contributed by atoms with Crippen LogP contribution in [0.4, 0.5) is 10.1 Å². The van der Waals surface area contributed by atoms with Gasteiger partial charge in [0, 0.05) is 37.3 Å². The molecule has 9 nitrogen and oxygen atoms in total. The summed E-state index contributed by atoms with van der Waals surface area (Å²) in [6.07, 6.45) is 6.89. The summed E-state index contributed by atoms with van der Waals surface area (Å²) in [6, 6.07) is 6.30. The van der Waals surface area contributed by atoms with E-state index in [0.29, 0.717) is 35.2 Å². The second-order valence-electron chi connectivity index (χ2n) is 8.78. The number of ether oxygens (including phenoxy) is 1. The molecule has 1 fully saturated rings. The van der Waals surface area contributed by atoms with Gasteiger partial charge >= 0.3 is 5.69 Å². The summed E-state index contributed by atoms with van der Waals surface area (Å²) in [5, 5.41) is 3.43. The second kappa shape index (κ2) is 13.7. The third-order valence-corrected chi connectivity index (χ3v) is 6.85. The van der Waals surface area contributed by atoms with Gasteiger partial charge in [0.1, 0.15) is 6.29 Å². The van der Waals surface area contributed by atoms with Crippen LogP contribution in [0.1, 0.15) is 56.9 Å². The Morgan fingerprint density at radius 3 is 2.81 bits per heavy atom. The average Bonchev–Trinajstić information content (AvgIpc) is 3.26. The summed E-state index contributed by atoms with van der Waals surface area (Å²) in [7, 11) is 0. The van der Waals surface area contributed by atoms with Crippen molar-refractivity contribution in [3.8, 4) is 21.8 Å². The van der Waals surface area contributed by atoms with E-state index in [2.05, 4.69) is 20.7 Å². The van der Waals surface area contributed by atoms with E-state index in [0.717, 1.165) is 43.6 Å². The smallest absolute Gasteiger partial charge is 0.345 e. The number of aromatic nitrogens is 3. The molecule has 0 radical (unpaired) electrons. The van der Waals surface area contributed by atoms with Crippen molar-refractivity contribution in [3.05, 3.63) is 56.7 Å². The van der Waals surface area contributed by atoms with E-state index in [4.69, 9.17) is 9.72 Å². The molecular weight excluding hydrogens is 485 g/mol. The number of hydrogen-bond acceptors (Lipinski definition) is 8. The van der Waals surface area contributed by atoms with Crippen LogP contribution in [0.3, 0.4) is 0 Å². The molecule has 2 aromatic heterocycles. The first-order chi connectivity index (χ1) is 17.4. The molecule has 1 unspecified atom stereocenters. The molecule has 1 atom stereocenters. The van der Waals surface area contributed by atoms with E-state index >= 15 is 4.39 Å². The number of nitroso groups, excluding NO2 is 1. The number of nitrogens with one attached hydrogen (secondary N) is 2. The lowest BCUT2D eigenvalue weighted by molar-refractivity contribution is -0.108. The highest BCUT2D eigenvalue weighted by atomic mass is 32.1. The van der Waals surface area contributed by atoms with E-state index in [9.17, 15) is 14.5 Å². The van der Waals surface area contributed by atoms with Gasteiger partial charge in [-0.2, -0.15) is 0 Å². The molecule has 4 rings (SSSR count). The summed E-state index contributed by atoms with van der Waals surface area (Å²) < 4.78 is 20.7. The van der Waals surface area contributed by atoms with E-state index in [-0.39, 0.29) is 17.2 Å². The van der Waals surface area contributed by atoms with E-state index in [1.165, 1.54) is 23.6 Å². The molecular formula is C25H30FN5O4S. The van der Waals surface area contributed by atoms with Gasteiger partial charge in [0.2, 0.25) is 0 Å². The first-order valence-electron chi connectivity index (χ1n) is 11.9. The van der Waals surface area contributed by atoms with Crippen molar-refractivity contribution in [2.24, 2.45) is 11.2 Å². The Morgan fingerprint density at radius 1 is 1.28 bits per heavy atom. The lowest BCUT2D eigenvalue weighted by atomic mass is 9.98. The summed E-state index contributed by atoms with van der Waals surface area (Å²) in [5.74, 6) is 0.0903. The summed E-state index contributed by atoms with van der Waals surface area (Å²) in [6.45, 7) is 5.47. The lowest BCUT2D eigenvalue weighted by Crippen LogP contribution is -2.09. The number of benzene rings is 1. The fourth-order valence-corrected chi connectivity index (χ4v) is 4.96. The Balaban J connectivity index is 0.000000538. The number of nitrogens with zero attached hydrogens (tertiary/aromatic N) is 3. The maximum atomic E-state index is 15.1. The van der Waals surface area contributed by atoms with Gasteiger partial charge in [-0.15, -0.1) is 16.2 Å². The molecule has 3 aromatic rings. The molecule has 36 heavy (non-hydrogen) atoms. The van der Waals surface area contributed by atoms with Crippen LogP contribution in [0.25, 0.3) is 21.8 Å². The highest BCUT2D eigenvalue weighted by Crippen LogP contribution is 2.42. The van der Waals surface area contributed by atoms with Crippen molar-refractivity contribution in [2.75, 3.05) is 18.6 Å². The number of anilines is 1. The number of H-pyrrole nitrogens is 1. The van der Waals surface area contributed by atoms with Crippen molar-refractivity contribution < 1.29 is 13.9 Å². The minimum atomic E-state index is -0.632. The Bertz CT molecular complexity index is 1210. The summed E-state index contributed by atoms with van der Waals surface area (Å²) in [5.41, 5.74) is 2.75. The second-order valence-corrected chi connectivity index (χ2v) is 9.81. The van der Waals surface area contributed by atoms with Crippen LogP contribution in [0.2, 0.25) is 0 Å². The summed E-state index contributed by atoms with van der Waals surface area (Å²) in [4.78, 5) is 43.8. The van der Waals surface area contributed by atoms with Crippen LogP contribution >= 0.6 is 11.3 Å². The van der Waals surface area contributed by atoms with Gasteiger partial charge in [-0.05, 0) is 43.4 Å². The maximum absolute atomic E-state index is 15.1. The third kappa shape index (κ3) is 7.34. The van der Waals surface area contributed by atoms with Crippen molar-refractivity contribution in [3.63, 3.8) is 0 Å². The van der Waals surface area contributed by atoms with Gasteiger partial charge in [0.25, 0.3) is 0 Å². The number of rotatable bonds is 7. The molecule has 1 aliphatic heterocycles. The topological polar surface area (TPSA) is 126 Å². The largest absolute Gasteiger partial charge is 0.381 e. The van der Waals surface area contributed by atoms with Crippen molar-refractivity contribution >= 4 is 23.3 Å². The van der Waals surface area contributed by atoms with Gasteiger partial charge in [-0.1, -0.05) is 26.3 Å². The van der Waals surface area contributed by atoms with Crippen molar-refractivity contribution in [2.45, 2.75) is 51.9 Å². The first kappa shape index (κ1) is 27.3. The minimum absolute atomic E-state index is 0.0365. The van der Waals surface area contributed by atoms with Crippen LogP contribution in [0.15, 0.2) is 40.5 Å². The molecule has 192 valence electrons. The number of aromatic amines is 1. The SMILES string of the molecule is CC(C)CC=O.O=NNc1cccc(-c2nc(C3CCCCOCC3)sc2-c2ccnc(=O)[nH]2)c1F. The van der Waals surface area contributed by atoms with E-state index < -0.39 is 11.5 Å². The third-order valence-electron chi connectivity index (χ3n) is 5.60. The normalized spacial score (nSPS) is 15.8. The van der Waals surface area contributed by atoms with Gasteiger partial charge < -0.3 is 14.5 Å². The molecule has 0 saturated carbocycles. The zero-order valence-corrected chi connectivity index (χ0v) is 21.1.